The van der Waals surface area contributed by atoms with Crippen LogP contribution in [0.3, 0.4) is 0 Å². The zero-order chi connectivity index (χ0) is 17.1. The molecular formula is C16H13Cl2N5O. The van der Waals surface area contributed by atoms with E-state index in [1.807, 2.05) is 24.3 Å². The summed E-state index contributed by atoms with van der Waals surface area (Å²) in [5.74, 6) is 0.534. The van der Waals surface area contributed by atoms with E-state index in [0.717, 1.165) is 5.39 Å². The van der Waals surface area contributed by atoms with Gasteiger partial charge in [0.05, 0.1) is 12.1 Å². The van der Waals surface area contributed by atoms with Crippen molar-refractivity contribution in [2.24, 2.45) is 0 Å². The Hall–Kier alpha value is -2.57. The minimum atomic E-state index is 0.109. The highest BCUT2D eigenvalue weighted by Gasteiger charge is 2.13. The molecule has 3 N–H and O–H groups in total. The van der Waals surface area contributed by atoms with Crippen molar-refractivity contribution in [3.63, 3.8) is 0 Å². The third kappa shape index (κ3) is 3.34. The van der Waals surface area contributed by atoms with Crippen molar-refractivity contribution in [1.82, 2.24) is 15.0 Å². The number of benzene rings is 2. The number of nitrogens with zero attached hydrogens (tertiary/aromatic N) is 3. The van der Waals surface area contributed by atoms with Crippen molar-refractivity contribution in [2.45, 2.75) is 6.54 Å². The van der Waals surface area contributed by atoms with Crippen molar-refractivity contribution < 1.29 is 4.79 Å². The Kier molecular flexibility index (Phi) is 4.69. The first-order valence-corrected chi connectivity index (χ1v) is 7.78. The number of rotatable bonds is 5. The number of hydrazine groups is 1. The Morgan fingerprint density at radius 1 is 1.08 bits per heavy atom. The Morgan fingerprint density at radius 2 is 1.79 bits per heavy atom. The standard InChI is InChI=1S/C16H13Cl2N5O/c17-12-5-3-6-13(18)11(12)8-23(9-24)22-15-10-4-1-2-7-14(10)20-16(19)21-15/h1-7,9H,8H2,(H3,19,20,21,22). The number of nitrogens with two attached hydrogens (primary N) is 1. The van der Waals surface area contributed by atoms with Crippen LogP contribution in [0.25, 0.3) is 10.9 Å². The molecule has 0 radical (unpaired) electrons. The van der Waals surface area contributed by atoms with Crippen LogP contribution in [0.4, 0.5) is 11.8 Å². The summed E-state index contributed by atoms with van der Waals surface area (Å²) in [7, 11) is 0. The number of hydrogen-bond donors (Lipinski definition) is 2. The van der Waals surface area contributed by atoms with Gasteiger partial charge in [0, 0.05) is 21.0 Å². The van der Waals surface area contributed by atoms with Gasteiger partial charge >= 0.3 is 0 Å². The SMILES string of the molecule is Nc1nc(NN(C=O)Cc2c(Cl)cccc2Cl)c2ccccc2n1. The zero-order valence-corrected chi connectivity index (χ0v) is 13.9. The molecule has 0 fully saturated rings. The van der Waals surface area contributed by atoms with Crippen LogP contribution in [0.2, 0.25) is 10.0 Å². The molecule has 0 saturated heterocycles. The molecule has 0 unspecified atom stereocenters. The van der Waals surface area contributed by atoms with E-state index in [2.05, 4.69) is 15.4 Å². The van der Waals surface area contributed by atoms with Crippen molar-refractivity contribution in [3.8, 4) is 0 Å². The summed E-state index contributed by atoms with van der Waals surface area (Å²) in [6.07, 6.45) is 0.632. The van der Waals surface area contributed by atoms with E-state index in [-0.39, 0.29) is 12.5 Å². The number of halogens is 2. The van der Waals surface area contributed by atoms with Crippen LogP contribution in [0.1, 0.15) is 5.56 Å². The Bertz CT molecular complexity index is 883. The smallest absolute Gasteiger partial charge is 0.228 e. The average Bonchev–Trinajstić information content (AvgIpc) is 2.57. The fourth-order valence-electron chi connectivity index (χ4n) is 2.27. The number of aromatic nitrogens is 2. The van der Waals surface area contributed by atoms with Gasteiger partial charge in [-0.25, -0.2) is 4.98 Å². The summed E-state index contributed by atoms with van der Waals surface area (Å²) < 4.78 is 0. The summed E-state index contributed by atoms with van der Waals surface area (Å²) in [6.45, 7) is 0.167. The van der Waals surface area contributed by atoms with Gasteiger partial charge in [-0.05, 0) is 24.3 Å². The molecule has 1 heterocycles. The number of para-hydroxylation sites is 1. The van der Waals surface area contributed by atoms with E-state index < -0.39 is 0 Å². The lowest BCUT2D eigenvalue weighted by atomic mass is 10.2. The van der Waals surface area contributed by atoms with Gasteiger partial charge in [-0.3, -0.25) is 15.2 Å². The van der Waals surface area contributed by atoms with E-state index in [0.29, 0.717) is 33.4 Å². The number of carbonyl (C=O) groups is 1. The van der Waals surface area contributed by atoms with Gasteiger partial charge in [-0.15, -0.1) is 0 Å². The number of nitrogen functional groups attached to an aromatic ring is 1. The number of nitrogens with one attached hydrogen (secondary N) is 1. The van der Waals surface area contributed by atoms with Crippen LogP contribution in [0.15, 0.2) is 42.5 Å². The highest BCUT2D eigenvalue weighted by atomic mass is 35.5. The molecule has 8 heteroatoms. The maximum Gasteiger partial charge on any atom is 0.228 e. The van der Waals surface area contributed by atoms with Crippen LogP contribution in [0.5, 0.6) is 0 Å². The molecular weight excluding hydrogens is 349 g/mol. The first kappa shape index (κ1) is 16.3. The van der Waals surface area contributed by atoms with Crippen molar-refractivity contribution in [3.05, 3.63) is 58.1 Å². The van der Waals surface area contributed by atoms with E-state index >= 15 is 0 Å². The van der Waals surface area contributed by atoms with Gasteiger partial charge < -0.3 is 5.73 Å². The third-order valence-corrected chi connectivity index (χ3v) is 4.10. The van der Waals surface area contributed by atoms with Crippen molar-refractivity contribution >= 4 is 52.3 Å². The molecule has 24 heavy (non-hydrogen) atoms. The van der Waals surface area contributed by atoms with Crippen LogP contribution in [0, 0.1) is 0 Å². The fourth-order valence-corrected chi connectivity index (χ4v) is 2.79. The molecule has 0 spiro atoms. The van der Waals surface area contributed by atoms with Gasteiger partial charge in [0.1, 0.15) is 0 Å². The summed E-state index contributed by atoms with van der Waals surface area (Å²) in [4.78, 5) is 19.8. The molecule has 1 aromatic heterocycles. The maximum atomic E-state index is 11.5. The number of carbonyl (C=O) groups excluding carboxylic acids is 1. The lowest BCUT2D eigenvalue weighted by molar-refractivity contribution is -0.117. The molecule has 0 aliphatic heterocycles. The summed E-state index contributed by atoms with van der Waals surface area (Å²) in [5.41, 5.74) is 9.97. The molecule has 2 aromatic carbocycles. The van der Waals surface area contributed by atoms with Crippen molar-refractivity contribution in [1.29, 1.82) is 0 Å². The molecule has 0 saturated carbocycles. The van der Waals surface area contributed by atoms with Crippen molar-refractivity contribution in [2.75, 3.05) is 11.2 Å². The molecule has 1 amide bonds. The summed E-state index contributed by atoms with van der Waals surface area (Å²) >= 11 is 12.3. The van der Waals surface area contributed by atoms with E-state index in [9.17, 15) is 4.79 Å². The lowest BCUT2D eigenvalue weighted by Crippen LogP contribution is -2.29. The first-order chi connectivity index (χ1) is 11.6. The van der Waals surface area contributed by atoms with Gasteiger partial charge in [0.2, 0.25) is 12.4 Å². The molecule has 3 rings (SSSR count). The number of hydrogen-bond acceptors (Lipinski definition) is 5. The number of fused-ring (bicyclic) bond motifs is 1. The van der Waals surface area contributed by atoms with Crippen LogP contribution in [-0.4, -0.2) is 21.4 Å². The van der Waals surface area contributed by atoms with Gasteiger partial charge in [-0.1, -0.05) is 41.4 Å². The second-order valence-electron chi connectivity index (χ2n) is 4.99. The Balaban J connectivity index is 1.93. The molecule has 0 bridgehead atoms. The normalized spacial score (nSPS) is 10.6. The minimum absolute atomic E-state index is 0.109. The lowest BCUT2D eigenvalue weighted by Gasteiger charge is -2.21. The second kappa shape index (κ2) is 6.90. The molecule has 122 valence electrons. The second-order valence-corrected chi connectivity index (χ2v) is 5.81. The largest absolute Gasteiger partial charge is 0.368 e. The zero-order valence-electron chi connectivity index (χ0n) is 12.4. The quantitative estimate of drug-likeness (QED) is 0.536. The molecule has 0 atom stereocenters. The monoisotopic (exact) mass is 361 g/mol. The Morgan fingerprint density at radius 3 is 2.50 bits per heavy atom. The highest BCUT2D eigenvalue weighted by Crippen LogP contribution is 2.26. The number of amides is 1. The van der Waals surface area contributed by atoms with Gasteiger partial charge in [0.25, 0.3) is 0 Å². The Labute approximate surface area is 148 Å². The summed E-state index contributed by atoms with van der Waals surface area (Å²) in [5, 5.41) is 2.98. The first-order valence-electron chi connectivity index (χ1n) is 7.02. The molecule has 0 aliphatic rings. The summed E-state index contributed by atoms with van der Waals surface area (Å²) in [6, 6.07) is 12.5. The van der Waals surface area contributed by atoms with E-state index in [4.69, 9.17) is 28.9 Å². The van der Waals surface area contributed by atoms with Crippen LogP contribution in [-0.2, 0) is 11.3 Å². The molecule has 0 aliphatic carbocycles. The van der Waals surface area contributed by atoms with Crippen LogP contribution < -0.4 is 11.2 Å². The minimum Gasteiger partial charge on any atom is -0.368 e. The maximum absolute atomic E-state index is 11.5. The van der Waals surface area contributed by atoms with Gasteiger partial charge in [0.15, 0.2) is 5.82 Å². The predicted octanol–water partition coefficient (Wildman–Crippen LogP) is 3.50. The van der Waals surface area contributed by atoms with Gasteiger partial charge in [-0.2, -0.15) is 4.98 Å². The topological polar surface area (TPSA) is 84.1 Å². The number of anilines is 2. The molecule has 6 nitrogen and oxygen atoms in total. The third-order valence-electron chi connectivity index (χ3n) is 3.39. The molecule has 3 aromatic rings. The van der Waals surface area contributed by atoms with Crippen LogP contribution >= 0.6 is 23.2 Å². The van der Waals surface area contributed by atoms with E-state index in [1.165, 1.54) is 5.01 Å². The predicted molar refractivity (Wildman–Crippen MR) is 95.6 cm³/mol. The van der Waals surface area contributed by atoms with E-state index in [1.54, 1.807) is 18.2 Å². The average molecular weight is 362 g/mol. The highest BCUT2D eigenvalue weighted by molar-refractivity contribution is 6.36. The fraction of sp³-hybridized carbons (Fsp3) is 0.0625.